The summed E-state index contributed by atoms with van der Waals surface area (Å²) < 4.78 is 26.1. The van der Waals surface area contributed by atoms with Crippen molar-refractivity contribution in [1.29, 1.82) is 0 Å². The van der Waals surface area contributed by atoms with Gasteiger partial charge in [0.25, 0.3) is 0 Å². The average Bonchev–Trinajstić information content (AvgIpc) is 2.30. The Labute approximate surface area is 126 Å². The summed E-state index contributed by atoms with van der Waals surface area (Å²) in [6.07, 6.45) is 0. The summed E-state index contributed by atoms with van der Waals surface area (Å²) in [5, 5.41) is 0.470. The van der Waals surface area contributed by atoms with Crippen LogP contribution in [0.3, 0.4) is 0 Å². The van der Waals surface area contributed by atoms with E-state index < -0.39 is 10.8 Å². The molecule has 6 heteroatoms. The molecular formula is C13H10BrClFNOS. The Balaban J connectivity index is 2.28. The van der Waals surface area contributed by atoms with Gasteiger partial charge in [-0.05, 0) is 42.0 Å². The Hall–Kier alpha value is -0.910. The molecule has 2 N–H and O–H groups in total. The second-order valence-corrected chi connectivity index (χ2v) is 6.72. The zero-order chi connectivity index (χ0) is 14.0. The molecule has 0 aromatic heterocycles. The number of halogens is 3. The topological polar surface area (TPSA) is 43.1 Å². The zero-order valence-electron chi connectivity index (χ0n) is 9.70. The van der Waals surface area contributed by atoms with E-state index in [1.54, 1.807) is 24.3 Å². The first-order valence-electron chi connectivity index (χ1n) is 5.34. The molecule has 0 saturated heterocycles. The van der Waals surface area contributed by atoms with Crippen molar-refractivity contribution in [2.45, 2.75) is 10.6 Å². The number of hydrogen-bond donors (Lipinski definition) is 1. The third-order valence-electron chi connectivity index (χ3n) is 2.44. The van der Waals surface area contributed by atoms with Gasteiger partial charge in [-0.3, -0.25) is 4.21 Å². The maximum absolute atomic E-state index is 13.2. The van der Waals surface area contributed by atoms with E-state index in [0.29, 0.717) is 25.6 Å². The lowest BCUT2D eigenvalue weighted by molar-refractivity contribution is 0.625. The molecule has 0 amide bonds. The largest absolute Gasteiger partial charge is 0.398 e. The zero-order valence-corrected chi connectivity index (χ0v) is 12.9. The van der Waals surface area contributed by atoms with E-state index in [9.17, 15) is 8.60 Å². The molecule has 100 valence electrons. The summed E-state index contributed by atoms with van der Waals surface area (Å²) in [6.45, 7) is 0. The Kier molecular flexibility index (Phi) is 4.60. The van der Waals surface area contributed by atoms with Crippen LogP contribution in [0.5, 0.6) is 0 Å². The van der Waals surface area contributed by atoms with Gasteiger partial charge in [0, 0.05) is 15.2 Å². The van der Waals surface area contributed by atoms with Crippen LogP contribution in [-0.4, -0.2) is 4.21 Å². The Morgan fingerprint density at radius 2 is 2.00 bits per heavy atom. The van der Waals surface area contributed by atoms with E-state index in [4.69, 9.17) is 17.3 Å². The van der Waals surface area contributed by atoms with Crippen LogP contribution >= 0.6 is 27.5 Å². The fraction of sp³-hybridized carbons (Fsp3) is 0.0769. The molecular weight excluding hydrogens is 353 g/mol. The van der Waals surface area contributed by atoms with Gasteiger partial charge in [0.2, 0.25) is 0 Å². The van der Waals surface area contributed by atoms with Gasteiger partial charge in [-0.1, -0.05) is 27.5 Å². The molecule has 2 rings (SSSR count). The van der Waals surface area contributed by atoms with Gasteiger partial charge in [-0.15, -0.1) is 0 Å². The maximum Gasteiger partial charge on any atom is 0.124 e. The number of nitrogens with two attached hydrogens (primary N) is 1. The van der Waals surface area contributed by atoms with Crippen LogP contribution in [0.25, 0.3) is 0 Å². The molecule has 0 bridgehead atoms. The van der Waals surface area contributed by atoms with Crippen molar-refractivity contribution in [3.63, 3.8) is 0 Å². The minimum absolute atomic E-state index is 0.181. The van der Waals surface area contributed by atoms with Crippen molar-refractivity contribution in [3.05, 3.63) is 57.3 Å². The monoisotopic (exact) mass is 361 g/mol. The number of rotatable bonds is 3. The molecule has 2 aromatic rings. The second-order valence-electron chi connectivity index (χ2n) is 3.95. The molecule has 0 aliphatic carbocycles. The third-order valence-corrected chi connectivity index (χ3v) is 4.57. The van der Waals surface area contributed by atoms with Gasteiger partial charge in [-0.25, -0.2) is 4.39 Å². The molecule has 0 aliphatic heterocycles. The summed E-state index contributed by atoms with van der Waals surface area (Å²) in [7, 11) is -1.37. The van der Waals surface area contributed by atoms with Crippen LogP contribution < -0.4 is 5.73 Å². The number of anilines is 1. The molecule has 1 unspecified atom stereocenters. The first-order valence-corrected chi connectivity index (χ1v) is 7.83. The standard InChI is InChI=1S/C13H10BrClFNOS/c14-9-3-8(4-11(16)5-9)7-19(18)13-6-10(15)1-2-12(13)17/h1-6H,7,17H2. The number of nitrogen functional groups attached to an aromatic ring is 1. The maximum atomic E-state index is 13.2. The molecule has 0 radical (unpaired) electrons. The minimum atomic E-state index is -1.37. The van der Waals surface area contributed by atoms with Gasteiger partial charge in [0.05, 0.1) is 21.4 Å². The molecule has 1 atom stereocenters. The normalized spacial score (nSPS) is 12.4. The molecule has 0 fully saturated rings. The van der Waals surface area contributed by atoms with Crippen LogP contribution in [0, 0.1) is 5.82 Å². The van der Waals surface area contributed by atoms with Gasteiger partial charge in [-0.2, -0.15) is 0 Å². The number of benzene rings is 2. The van der Waals surface area contributed by atoms with E-state index in [0.717, 1.165) is 0 Å². The van der Waals surface area contributed by atoms with Gasteiger partial charge < -0.3 is 5.73 Å². The van der Waals surface area contributed by atoms with Gasteiger partial charge >= 0.3 is 0 Å². The van der Waals surface area contributed by atoms with Crippen molar-refractivity contribution in [1.82, 2.24) is 0 Å². The highest BCUT2D eigenvalue weighted by molar-refractivity contribution is 9.10. The smallest absolute Gasteiger partial charge is 0.124 e. The number of hydrogen-bond acceptors (Lipinski definition) is 2. The first kappa shape index (κ1) is 14.5. The average molecular weight is 363 g/mol. The van der Waals surface area contributed by atoms with Crippen LogP contribution in [0.2, 0.25) is 5.02 Å². The molecule has 0 heterocycles. The molecule has 0 spiro atoms. The second kappa shape index (κ2) is 6.03. The Morgan fingerprint density at radius 1 is 1.26 bits per heavy atom. The lowest BCUT2D eigenvalue weighted by Gasteiger charge is -2.07. The summed E-state index contributed by atoms with van der Waals surface area (Å²) in [5.74, 6) is -0.193. The van der Waals surface area contributed by atoms with Crippen molar-refractivity contribution < 1.29 is 8.60 Å². The fourth-order valence-electron chi connectivity index (χ4n) is 1.63. The van der Waals surface area contributed by atoms with E-state index in [1.165, 1.54) is 12.1 Å². The molecule has 2 aromatic carbocycles. The lowest BCUT2D eigenvalue weighted by Crippen LogP contribution is -2.01. The van der Waals surface area contributed by atoms with E-state index in [-0.39, 0.29) is 11.6 Å². The van der Waals surface area contributed by atoms with Crippen molar-refractivity contribution in [3.8, 4) is 0 Å². The predicted octanol–water partition coefficient (Wildman–Crippen LogP) is 4.13. The summed E-state index contributed by atoms with van der Waals surface area (Å²) in [6, 6.07) is 9.24. The van der Waals surface area contributed by atoms with Crippen LogP contribution in [-0.2, 0) is 16.6 Å². The Bertz CT molecular complexity index is 630. The fourth-order valence-corrected chi connectivity index (χ4v) is 3.59. The third kappa shape index (κ3) is 3.78. The van der Waals surface area contributed by atoms with Crippen LogP contribution in [0.1, 0.15) is 5.56 Å². The van der Waals surface area contributed by atoms with Gasteiger partial charge in [0.15, 0.2) is 0 Å². The Morgan fingerprint density at radius 3 is 2.68 bits per heavy atom. The minimum Gasteiger partial charge on any atom is -0.398 e. The van der Waals surface area contributed by atoms with E-state index in [1.807, 2.05) is 0 Å². The highest BCUT2D eigenvalue weighted by Gasteiger charge is 2.11. The van der Waals surface area contributed by atoms with Crippen molar-refractivity contribution in [2.24, 2.45) is 0 Å². The highest BCUT2D eigenvalue weighted by atomic mass is 79.9. The van der Waals surface area contributed by atoms with E-state index in [2.05, 4.69) is 15.9 Å². The van der Waals surface area contributed by atoms with Crippen LogP contribution in [0.4, 0.5) is 10.1 Å². The van der Waals surface area contributed by atoms with Crippen LogP contribution in [0.15, 0.2) is 45.8 Å². The summed E-state index contributed by atoms with van der Waals surface area (Å²) >= 11 is 9.06. The molecule has 0 aliphatic rings. The molecule has 2 nitrogen and oxygen atoms in total. The molecule has 19 heavy (non-hydrogen) atoms. The lowest BCUT2D eigenvalue weighted by atomic mass is 10.2. The molecule has 0 saturated carbocycles. The summed E-state index contributed by atoms with van der Waals surface area (Å²) in [4.78, 5) is 0.466. The van der Waals surface area contributed by atoms with Crippen molar-refractivity contribution >= 4 is 44.0 Å². The highest BCUT2D eigenvalue weighted by Crippen LogP contribution is 2.24. The quantitative estimate of drug-likeness (QED) is 0.834. The first-order chi connectivity index (χ1) is 8.95. The predicted molar refractivity (Wildman–Crippen MR) is 80.1 cm³/mol. The SMILES string of the molecule is Nc1ccc(Cl)cc1S(=O)Cc1cc(F)cc(Br)c1. The summed E-state index contributed by atoms with van der Waals surface area (Å²) in [5.41, 5.74) is 6.81. The van der Waals surface area contributed by atoms with E-state index >= 15 is 0 Å². The van der Waals surface area contributed by atoms with Crippen molar-refractivity contribution in [2.75, 3.05) is 5.73 Å². The van der Waals surface area contributed by atoms with Gasteiger partial charge in [0.1, 0.15) is 5.82 Å².